The molecule has 0 unspecified atom stereocenters. The predicted molar refractivity (Wildman–Crippen MR) is 141 cm³/mol. The molecule has 3 saturated carbocycles. The van der Waals surface area contributed by atoms with E-state index in [1.54, 1.807) is 27.7 Å². The summed E-state index contributed by atoms with van der Waals surface area (Å²) >= 11 is 0.829. The van der Waals surface area contributed by atoms with Crippen molar-refractivity contribution in [1.29, 1.82) is 0 Å². The summed E-state index contributed by atoms with van der Waals surface area (Å²) in [6.07, 6.45) is 0.366. The normalized spacial score (nSPS) is 44.3. The number of ketones is 1. The predicted octanol–water partition coefficient (Wildman–Crippen LogP) is 4.81. The van der Waals surface area contributed by atoms with Gasteiger partial charge < -0.3 is 19.3 Å². The van der Waals surface area contributed by atoms with E-state index in [2.05, 4.69) is 0 Å². The Bertz CT molecular complexity index is 1090. The van der Waals surface area contributed by atoms with Gasteiger partial charge in [0.05, 0.1) is 25.5 Å². The zero-order valence-electron chi connectivity index (χ0n) is 22.6. The molecular weight excluding hydrogens is 537 g/mol. The van der Waals surface area contributed by atoms with E-state index < -0.39 is 70.6 Å². The van der Waals surface area contributed by atoms with E-state index in [0.29, 0.717) is 0 Å². The molecular formula is C27H39F2O7PS. The first-order valence-electron chi connectivity index (χ1n) is 13.4. The largest absolute Gasteiger partial charge is 0.390 e. The van der Waals surface area contributed by atoms with Gasteiger partial charge in [-0.1, -0.05) is 31.7 Å². The van der Waals surface area contributed by atoms with E-state index in [4.69, 9.17) is 9.05 Å². The first kappa shape index (κ1) is 30.1. The number of rotatable bonds is 8. The molecule has 0 radical (unpaired) electrons. The van der Waals surface area contributed by atoms with Gasteiger partial charge in [-0.25, -0.2) is 8.78 Å². The van der Waals surface area contributed by atoms with Crippen LogP contribution in [-0.4, -0.2) is 69.8 Å². The highest BCUT2D eigenvalue weighted by molar-refractivity contribution is 8.14. The summed E-state index contributed by atoms with van der Waals surface area (Å²) in [6.45, 7) is 8.70. The van der Waals surface area contributed by atoms with Gasteiger partial charge in [0.1, 0.15) is 11.8 Å². The van der Waals surface area contributed by atoms with Crippen molar-refractivity contribution in [1.82, 2.24) is 0 Å². The van der Waals surface area contributed by atoms with Gasteiger partial charge in [-0.05, 0) is 69.6 Å². The van der Waals surface area contributed by atoms with Crippen molar-refractivity contribution >= 4 is 30.3 Å². The molecule has 0 aromatic rings. The lowest BCUT2D eigenvalue weighted by molar-refractivity contribution is -0.221. The van der Waals surface area contributed by atoms with E-state index in [-0.39, 0.29) is 50.0 Å². The van der Waals surface area contributed by atoms with Crippen LogP contribution in [0.2, 0.25) is 0 Å². The maximum absolute atomic E-state index is 17.2. The molecule has 9 atom stereocenters. The highest BCUT2D eigenvalue weighted by Crippen LogP contribution is 2.71. The lowest BCUT2D eigenvalue weighted by atomic mass is 9.44. The second-order valence-corrected chi connectivity index (χ2v) is 14.8. The maximum atomic E-state index is 17.2. The van der Waals surface area contributed by atoms with E-state index in [1.807, 2.05) is 0 Å². The molecule has 7 nitrogen and oxygen atoms in total. The van der Waals surface area contributed by atoms with Crippen LogP contribution >= 0.6 is 19.4 Å². The fourth-order valence-electron chi connectivity index (χ4n) is 7.89. The summed E-state index contributed by atoms with van der Waals surface area (Å²) in [5.41, 5.74) is -6.89. The van der Waals surface area contributed by atoms with Gasteiger partial charge in [-0.15, -0.1) is 0 Å². The third-order valence-corrected chi connectivity index (χ3v) is 13.1. The van der Waals surface area contributed by atoms with Crippen LogP contribution in [0.1, 0.15) is 53.9 Å². The second kappa shape index (κ2) is 10.2. The molecule has 11 heteroatoms. The van der Waals surface area contributed by atoms with Crippen molar-refractivity contribution in [3.63, 3.8) is 0 Å². The lowest BCUT2D eigenvalue weighted by Gasteiger charge is -2.63. The van der Waals surface area contributed by atoms with Gasteiger partial charge >= 0.3 is 7.60 Å². The second-order valence-electron chi connectivity index (χ2n) is 11.6. The Morgan fingerprint density at radius 3 is 2.45 bits per heavy atom. The minimum Gasteiger partial charge on any atom is -0.390 e. The molecule has 0 saturated heterocycles. The van der Waals surface area contributed by atoms with Gasteiger partial charge in [-0.3, -0.25) is 14.2 Å². The van der Waals surface area contributed by atoms with Crippen molar-refractivity contribution in [3.05, 3.63) is 23.8 Å². The first-order chi connectivity index (χ1) is 17.6. The quantitative estimate of drug-likeness (QED) is 0.397. The molecule has 0 amide bonds. The zero-order chi connectivity index (χ0) is 28.3. The van der Waals surface area contributed by atoms with Crippen molar-refractivity contribution in [2.75, 3.05) is 25.1 Å². The van der Waals surface area contributed by atoms with Crippen LogP contribution < -0.4 is 0 Å². The number of hydrogen-bond acceptors (Lipinski definition) is 8. The Hall–Kier alpha value is -0.900. The number of fused-ring (bicyclic) bond motifs is 5. The Morgan fingerprint density at radius 1 is 1.21 bits per heavy atom. The van der Waals surface area contributed by atoms with Crippen molar-refractivity contribution in [2.45, 2.75) is 77.4 Å². The standard InChI is InChI=1S/C27H39F2O7PS/c1-6-35-37(34,36-7-2)10-11-38-23(32)27(33)16(3)12-18-19-14-21(28)20-13-17(30)8-9-24(20,4)26(19,29)22(31)15-25(18,27)5/h8-9,13,16,18-19,21-22,31,33H,6-7,10-12,14-15H2,1-5H3/t16-,18+,19+,21+,22+,24+,25+,26+,27+/m1/s1. The Balaban J connectivity index is 1.63. The summed E-state index contributed by atoms with van der Waals surface area (Å²) in [6, 6.07) is 0. The van der Waals surface area contributed by atoms with Gasteiger partial charge in [0.25, 0.3) is 0 Å². The molecule has 0 aliphatic heterocycles. The van der Waals surface area contributed by atoms with E-state index in [1.165, 1.54) is 19.1 Å². The molecule has 4 aliphatic rings. The summed E-state index contributed by atoms with van der Waals surface area (Å²) in [5.74, 6) is -2.47. The lowest BCUT2D eigenvalue weighted by Crippen LogP contribution is -2.70. The molecule has 4 rings (SSSR count). The molecule has 38 heavy (non-hydrogen) atoms. The van der Waals surface area contributed by atoms with E-state index in [9.17, 15) is 24.4 Å². The number of carbonyl (C=O) groups excluding carboxylic acids is 2. The number of alkyl halides is 2. The Kier molecular flexibility index (Phi) is 8.05. The fraction of sp³-hybridized carbons (Fsp3) is 0.778. The SMILES string of the molecule is CCOP(=O)(CCSC(=O)[C@@]1(O)[C@H](C)C[C@H]2[C@@H]3C[C@H](F)C4=CC(=O)C=C[C@]4(C)[C@@]3(F)[C@@H](O)C[C@@]21C)OCC. The topological polar surface area (TPSA) is 110 Å². The minimum absolute atomic E-state index is 0.0173. The third kappa shape index (κ3) is 4.16. The highest BCUT2D eigenvalue weighted by Gasteiger charge is 2.76. The van der Waals surface area contributed by atoms with Crippen molar-refractivity contribution < 1.29 is 42.2 Å². The van der Waals surface area contributed by atoms with Crippen molar-refractivity contribution in [2.24, 2.45) is 28.6 Å². The van der Waals surface area contributed by atoms with Crippen LogP contribution in [0.15, 0.2) is 23.8 Å². The number of thioether (sulfide) groups is 1. The van der Waals surface area contributed by atoms with Crippen LogP contribution in [0.25, 0.3) is 0 Å². The number of carbonyl (C=O) groups is 2. The average Bonchev–Trinajstić information content (AvgIpc) is 3.04. The van der Waals surface area contributed by atoms with Crippen LogP contribution in [0.5, 0.6) is 0 Å². The molecule has 0 aromatic carbocycles. The molecule has 0 spiro atoms. The van der Waals surface area contributed by atoms with Gasteiger partial charge in [0, 0.05) is 22.5 Å². The van der Waals surface area contributed by atoms with Crippen LogP contribution in [-0.2, 0) is 23.2 Å². The van der Waals surface area contributed by atoms with Gasteiger partial charge in [0.2, 0.25) is 5.12 Å². The average molecular weight is 577 g/mol. The third-order valence-electron chi connectivity index (χ3n) is 9.77. The molecule has 4 aliphatic carbocycles. The number of aliphatic hydroxyl groups excluding tert-OH is 1. The fourth-order valence-corrected chi connectivity index (χ4v) is 11.1. The molecule has 0 aromatic heterocycles. The molecule has 0 bridgehead atoms. The van der Waals surface area contributed by atoms with Gasteiger partial charge in [-0.2, -0.15) is 0 Å². The Morgan fingerprint density at radius 2 is 1.84 bits per heavy atom. The molecule has 0 heterocycles. The molecule has 2 N–H and O–H groups in total. The Labute approximate surface area is 227 Å². The van der Waals surface area contributed by atoms with Crippen LogP contribution in [0, 0.1) is 28.6 Å². The van der Waals surface area contributed by atoms with Crippen LogP contribution in [0.3, 0.4) is 0 Å². The van der Waals surface area contributed by atoms with Crippen molar-refractivity contribution in [3.8, 4) is 0 Å². The minimum atomic E-state index is -3.38. The molecule has 214 valence electrons. The monoisotopic (exact) mass is 576 g/mol. The summed E-state index contributed by atoms with van der Waals surface area (Å²) < 4.78 is 56.2. The molecule has 3 fully saturated rings. The number of allylic oxidation sites excluding steroid dienone is 4. The number of halogens is 2. The maximum Gasteiger partial charge on any atom is 0.331 e. The summed E-state index contributed by atoms with van der Waals surface area (Å²) in [5, 5.41) is 22.9. The van der Waals surface area contributed by atoms with Gasteiger partial charge in [0.15, 0.2) is 11.5 Å². The highest BCUT2D eigenvalue weighted by atomic mass is 32.2. The number of hydrogen-bond donors (Lipinski definition) is 2. The zero-order valence-corrected chi connectivity index (χ0v) is 24.3. The van der Waals surface area contributed by atoms with E-state index >= 15 is 8.78 Å². The smallest absolute Gasteiger partial charge is 0.331 e. The summed E-state index contributed by atoms with van der Waals surface area (Å²) in [4.78, 5) is 25.6. The number of aliphatic hydroxyl groups is 2. The van der Waals surface area contributed by atoms with Crippen LogP contribution in [0.4, 0.5) is 8.78 Å². The first-order valence-corrected chi connectivity index (χ1v) is 16.1. The van der Waals surface area contributed by atoms with E-state index in [0.717, 1.165) is 17.8 Å². The summed E-state index contributed by atoms with van der Waals surface area (Å²) in [7, 11) is -3.38.